The summed E-state index contributed by atoms with van der Waals surface area (Å²) in [5.74, 6) is -0.631. The average Bonchev–Trinajstić information content (AvgIpc) is 3.32. The van der Waals surface area contributed by atoms with E-state index in [4.69, 9.17) is 4.74 Å². The van der Waals surface area contributed by atoms with Gasteiger partial charge in [0.05, 0.1) is 17.2 Å². The Hall–Kier alpha value is -3.21. The van der Waals surface area contributed by atoms with Crippen LogP contribution in [0.5, 0.6) is 0 Å². The Morgan fingerprint density at radius 3 is 2.50 bits per heavy atom. The van der Waals surface area contributed by atoms with Crippen molar-refractivity contribution in [1.29, 1.82) is 0 Å². The van der Waals surface area contributed by atoms with E-state index in [9.17, 15) is 9.59 Å². The molecule has 1 saturated carbocycles. The summed E-state index contributed by atoms with van der Waals surface area (Å²) in [6.07, 6.45) is 6.84. The van der Waals surface area contributed by atoms with Crippen LogP contribution in [0.1, 0.15) is 68.5 Å². The third kappa shape index (κ3) is 3.88. The van der Waals surface area contributed by atoms with Crippen LogP contribution in [0.2, 0.25) is 0 Å². The molecule has 5 nitrogen and oxygen atoms in total. The SMILES string of the molecule is CC1=C(C(=O)OC2CCCC2)[C@@H](c2ccccn2)C2=C(C[C@H](c3ccccc3)CC2=O)N1. The second-order valence-electron chi connectivity index (χ2n) is 8.99. The lowest BCUT2D eigenvalue weighted by Gasteiger charge is -2.36. The zero-order valence-electron chi connectivity index (χ0n) is 18.3. The van der Waals surface area contributed by atoms with Crippen molar-refractivity contribution in [3.05, 3.63) is 88.5 Å². The number of pyridine rings is 1. The summed E-state index contributed by atoms with van der Waals surface area (Å²) in [4.78, 5) is 31.4. The minimum atomic E-state index is -0.495. The number of hydrogen-bond donors (Lipinski definition) is 1. The molecule has 1 aliphatic heterocycles. The lowest BCUT2D eigenvalue weighted by atomic mass is 9.73. The molecule has 32 heavy (non-hydrogen) atoms. The number of esters is 1. The number of carbonyl (C=O) groups excluding carboxylic acids is 2. The van der Waals surface area contributed by atoms with E-state index in [-0.39, 0.29) is 23.8 Å². The fourth-order valence-electron chi connectivity index (χ4n) is 5.33. The molecule has 2 atom stereocenters. The Morgan fingerprint density at radius 1 is 1.03 bits per heavy atom. The van der Waals surface area contributed by atoms with Crippen LogP contribution in [0.25, 0.3) is 0 Å². The number of nitrogens with one attached hydrogen (secondary N) is 1. The highest BCUT2D eigenvalue weighted by Crippen LogP contribution is 2.45. The van der Waals surface area contributed by atoms with Crippen LogP contribution in [0, 0.1) is 0 Å². The molecule has 0 unspecified atom stereocenters. The van der Waals surface area contributed by atoms with Gasteiger partial charge in [0, 0.05) is 29.6 Å². The van der Waals surface area contributed by atoms with Crippen molar-refractivity contribution < 1.29 is 14.3 Å². The van der Waals surface area contributed by atoms with Gasteiger partial charge in [0.25, 0.3) is 0 Å². The third-order valence-corrected chi connectivity index (χ3v) is 6.88. The van der Waals surface area contributed by atoms with Crippen molar-refractivity contribution in [2.45, 2.75) is 63.4 Å². The molecule has 0 saturated heterocycles. The largest absolute Gasteiger partial charge is 0.459 e. The molecule has 5 heteroatoms. The molecular weight excluding hydrogens is 400 g/mol. The number of benzene rings is 1. The number of Topliss-reactive ketones (excluding diaryl/α,β-unsaturated/α-hetero) is 1. The smallest absolute Gasteiger partial charge is 0.337 e. The summed E-state index contributed by atoms with van der Waals surface area (Å²) >= 11 is 0. The zero-order chi connectivity index (χ0) is 22.1. The van der Waals surface area contributed by atoms with Crippen molar-refractivity contribution in [3.8, 4) is 0 Å². The topological polar surface area (TPSA) is 68.3 Å². The van der Waals surface area contributed by atoms with Gasteiger partial charge in [-0.25, -0.2) is 4.79 Å². The first-order valence-corrected chi connectivity index (χ1v) is 11.5. The number of ketones is 1. The molecule has 1 fully saturated rings. The van der Waals surface area contributed by atoms with Gasteiger partial charge >= 0.3 is 5.97 Å². The lowest BCUT2D eigenvalue weighted by molar-refractivity contribution is -0.144. The standard InChI is InChI=1S/C27H28N2O3/c1-17-24(27(31)32-20-11-5-6-12-20)26(21-13-7-8-14-28-21)25-22(29-17)15-19(16-23(25)30)18-9-3-2-4-10-18/h2-4,7-10,13-14,19-20,26,29H,5-6,11-12,15-16H2,1H3/t19-,26+/m0/s1. The van der Waals surface area contributed by atoms with E-state index in [0.717, 1.165) is 49.1 Å². The summed E-state index contributed by atoms with van der Waals surface area (Å²) in [6, 6.07) is 15.8. The molecule has 2 aromatic rings. The zero-order valence-corrected chi connectivity index (χ0v) is 18.3. The predicted octanol–water partition coefficient (Wildman–Crippen LogP) is 4.93. The number of allylic oxidation sites excluding steroid dienone is 3. The molecule has 3 aliphatic rings. The Labute approximate surface area is 188 Å². The van der Waals surface area contributed by atoms with Crippen LogP contribution < -0.4 is 5.32 Å². The van der Waals surface area contributed by atoms with E-state index in [2.05, 4.69) is 22.4 Å². The molecule has 5 rings (SSSR count). The third-order valence-electron chi connectivity index (χ3n) is 6.88. The van der Waals surface area contributed by atoms with E-state index < -0.39 is 5.92 Å². The Morgan fingerprint density at radius 2 is 1.78 bits per heavy atom. The van der Waals surface area contributed by atoms with Crippen LogP contribution in [-0.4, -0.2) is 22.8 Å². The average molecular weight is 429 g/mol. The summed E-state index contributed by atoms with van der Waals surface area (Å²) in [5, 5.41) is 3.41. The minimum Gasteiger partial charge on any atom is -0.459 e. The first-order chi connectivity index (χ1) is 15.6. The number of rotatable bonds is 4. The van der Waals surface area contributed by atoms with Gasteiger partial charge in [-0.3, -0.25) is 9.78 Å². The Kier molecular flexibility index (Phi) is 5.64. The molecule has 0 spiro atoms. The van der Waals surface area contributed by atoms with Crippen LogP contribution in [0.4, 0.5) is 0 Å². The fourth-order valence-corrected chi connectivity index (χ4v) is 5.33. The molecule has 1 aromatic carbocycles. The summed E-state index contributed by atoms with van der Waals surface area (Å²) in [5.41, 5.74) is 4.72. The molecule has 0 bridgehead atoms. The van der Waals surface area contributed by atoms with E-state index in [1.54, 1.807) is 6.20 Å². The second-order valence-corrected chi connectivity index (χ2v) is 8.99. The highest BCUT2D eigenvalue weighted by atomic mass is 16.5. The van der Waals surface area contributed by atoms with Gasteiger partial charge in [0.2, 0.25) is 0 Å². The first kappa shape index (κ1) is 20.7. The molecule has 164 valence electrons. The minimum absolute atomic E-state index is 0.0351. The number of carbonyl (C=O) groups is 2. The molecule has 1 N–H and O–H groups in total. The Balaban J connectivity index is 1.53. The normalized spacial score (nSPS) is 23.7. The summed E-state index contributed by atoms with van der Waals surface area (Å²) in [7, 11) is 0. The van der Waals surface area contributed by atoms with Crippen LogP contribution >= 0.6 is 0 Å². The van der Waals surface area contributed by atoms with Crippen LogP contribution in [0.15, 0.2) is 77.3 Å². The van der Waals surface area contributed by atoms with Crippen molar-refractivity contribution in [1.82, 2.24) is 10.3 Å². The maximum Gasteiger partial charge on any atom is 0.337 e. The Bertz CT molecular complexity index is 1080. The van der Waals surface area contributed by atoms with Crippen molar-refractivity contribution in [3.63, 3.8) is 0 Å². The molecule has 2 aliphatic carbocycles. The van der Waals surface area contributed by atoms with E-state index in [1.165, 1.54) is 0 Å². The molecule has 2 heterocycles. The van der Waals surface area contributed by atoms with Gasteiger partial charge in [-0.05, 0) is 62.6 Å². The van der Waals surface area contributed by atoms with Crippen LogP contribution in [0.3, 0.4) is 0 Å². The molecular formula is C27H28N2O3. The van der Waals surface area contributed by atoms with Gasteiger partial charge in [-0.2, -0.15) is 0 Å². The van der Waals surface area contributed by atoms with Crippen molar-refractivity contribution >= 4 is 11.8 Å². The van der Waals surface area contributed by atoms with E-state index in [0.29, 0.717) is 23.3 Å². The van der Waals surface area contributed by atoms with Gasteiger partial charge in [-0.15, -0.1) is 0 Å². The van der Waals surface area contributed by atoms with Gasteiger partial charge in [0.15, 0.2) is 5.78 Å². The number of nitrogens with zero attached hydrogens (tertiary/aromatic N) is 1. The van der Waals surface area contributed by atoms with Crippen molar-refractivity contribution in [2.75, 3.05) is 0 Å². The highest BCUT2D eigenvalue weighted by molar-refractivity contribution is 6.04. The second kappa shape index (κ2) is 8.73. The maximum atomic E-state index is 13.5. The monoisotopic (exact) mass is 428 g/mol. The maximum absolute atomic E-state index is 13.5. The fraction of sp³-hybridized carbons (Fsp3) is 0.370. The van der Waals surface area contributed by atoms with Crippen LogP contribution in [-0.2, 0) is 14.3 Å². The number of ether oxygens (including phenoxy) is 1. The van der Waals surface area contributed by atoms with Gasteiger partial charge in [-0.1, -0.05) is 36.4 Å². The molecule has 1 aromatic heterocycles. The first-order valence-electron chi connectivity index (χ1n) is 11.5. The number of aromatic nitrogens is 1. The van der Waals surface area contributed by atoms with E-state index in [1.807, 2.05) is 43.3 Å². The highest BCUT2D eigenvalue weighted by Gasteiger charge is 2.42. The summed E-state index contributed by atoms with van der Waals surface area (Å²) in [6.45, 7) is 1.90. The molecule has 0 amide bonds. The van der Waals surface area contributed by atoms with E-state index >= 15 is 0 Å². The summed E-state index contributed by atoms with van der Waals surface area (Å²) < 4.78 is 5.88. The quantitative estimate of drug-likeness (QED) is 0.700. The van der Waals surface area contributed by atoms with Gasteiger partial charge < -0.3 is 10.1 Å². The molecule has 0 radical (unpaired) electrons. The van der Waals surface area contributed by atoms with Gasteiger partial charge in [0.1, 0.15) is 6.10 Å². The number of dihydropyridines is 1. The number of hydrogen-bond acceptors (Lipinski definition) is 5. The lowest BCUT2D eigenvalue weighted by Crippen LogP contribution is -2.36. The predicted molar refractivity (Wildman–Crippen MR) is 122 cm³/mol. The van der Waals surface area contributed by atoms with Crippen molar-refractivity contribution in [2.24, 2.45) is 0 Å².